The molecule has 15 heteroatoms. The molecule has 0 radical (unpaired) electrons. The molecule has 2 amide bonds. The van der Waals surface area contributed by atoms with Crippen LogP contribution >= 0.6 is 11.6 Å². The summed E-state index contributed by atoms with van der Waals surface area (Å²) in [6.45, 7) is 1.84. The Morgan fingerprint density at radius 3 is 2.05 bits per heavy atom. The van der Waals surface area contributed by atoms with Crippen molar-refractivity contribution in [2.45, 2.75) is 18.0 Å². The number of aryl methyl sites for hydroxylation is 1. The minimum Gasteiger partial charge on any atom is -0.477 e. The number of carbonyl (C=O) groups excluding carboxylic acids is 1. The number of benzene rings is 3. The van der Waals surface area contributed by atoms with Gasteiger partial charge in [-0.25, -0.2) is 14.6 Å². The van der Waals surface area contributed by atoms with Crippen molar-refractivity contribution < 1.29 is 45.6 Å². The second kappa shape index (κ2) is 13.3. The largest absolute Gasteiger partial charge is 0.477 e. The van der Waals surface area contributed by atoms with E-state index in [1.54, 1.807) is 12.1 Å². The van der Waals surface area contributed by atoms with E-state index in [1.807, 2.05) is 6.92 Å². The van der Waals surface area contributed by atoms with Gasteiger partial charge < -0.3 is 20.5 Å². The van der Waals surface area contributed by atoms with Crippen LogP contribution in [0.1, 0.15) is 21.6 Å². The second-order valence-electron chi connectivity index (χ2n) is 8.37. The minimum atomic E-state index is -4.65. The molecule has 1 heterocycles. The molecular weight excluding hydrogens is 603 g/mol. The first-order valence-corrected chi connectivity index (χ1v) is 13.4. The molecule has 3 aromatic carbocycles. The van der Waals surface area contributed by atoms with Crippen LogP contribution in [-0.4, -0.2) is 35.1 Å². The van der Waals surface area contributed by atoms with Crippen molar-refractivity contribution in [3.63, 3.8) is 0 Å². The van der Waals surface area contributed by atoms with Crippen LogP contribution in [0.4, 0.5) is 29.3 Å². The lowest BCUT2D eigenvalue weighted by Gasteiger charge is -2.12. The average Bonchev–Trinajstić information content (AvgIpc) is 2.90. The van der Waals surface area contributed by atoms with Gasteiger partial charge in [0.05, 0.1) is 15.5 Å². The van der Waals surface area contributed by atoms with Gasteiger partial charge in [0.2, 0.25) is 0 Å². The topological polar surface area (TPSA) is 155 Å². The number of amides is 2. The normalized spacial score (nSPS) is 11.1. The molecular formula is C27H21ClF3N3O7S. The zero-order chi connectivity index (χ0) is 31.1. The number of alkyl halides is 3. The molecule has 4 aromatic rings. The van der Waals surface area contributed by atoms with E-state index < -0.39 is 38.9 Å². The molecule has 0 aliphatic rings. The Hall–Kier alpha value is -4.66. The van der Waals surface area contributed by atoms with E-state index >= 15 is 0 Å². The molecule has 0 bridgehead atoms. The number of urea groups is 1. The van der Waals surface area contributed by atoms with Crippen LogP contribution in [0, 0.1) is 6.92 Å². The molecule has 42 heavy (non-hydrogen) atoms. The maximum absolute atomic E-state index is 12.9. The van der Waals surface area contributed by atoms with Crippen molar-refractivity contribution in [3.8, 4) is 11.5 Å². The Bertz CT molecular complexity index is 1680. The monoisotopic (exact) mass is 623 g/mol. The van der Waals surface area contributed by atoms with Crippen LogP contribution in [0.25, 0.3) is 0 Å². The Morgan fingerprint density at radius 1 is 0.881 bits per heavy atom. The van der Waals surface area contributed by atoms with Gasteiger partial charge in [-0.05, 0) is 67.6 Å². The number of nitrogens with one attached hydrogen (secondary N) is 2. The summed E-state index contributed by atoms with van der Waals surface area (Å²) in [5.41, 5.74) is -0.0201. The number of nitrogens with zero attached hydrogens (tertiary/aromatic N) is 1. The molecule has 4 rings (SSSR count). The van der Waals surface area contributed by atoms with Gasteiger partial charge in [0.1, 0.15) is 11.5 Å². The number of carboxylic acids is 1. The molecule has 0 aliphatic heterocycles. The number of halogens is 4. The lowest BCUT2D eigenvalue weighted by Crippen LogP contribution is -2.19. The molecule has 10 nitrogen and oxygen atoms in total. The van der Waals surface area contributed by atoms with Crippen LogP contribution < -0.4 is 15.4 Å². The number of ether oxygens (including phenoxy) is 1. The molecule has 0 atom stereocenters. The molecule has 0 aliphatic carbocycles. The molecule has 1 aromatic heterocycles. The van der Waals surface area contributed by atoms with Gasteiger partial charge in [0.15, 0.2) is 5.69 Å². The number of carbonyl (C=O) groups is 2. The SMILES string of the molecule is Cc1ccc(S(=O)(=O)O)cc1.O=C(Nc1ccc(Oc2ccnc(C(=O)O)c2)cc1)Nc1ccc(Cl)c(C(F)(F)F)c1. The summed E-state index contributed by atoms with van der Waals surface area (Å²) in [7, 11) is -4.02. The number of aromatic carboxylic acids is 1. The van der Waals surface area contributed by atoms with E-state index in [0.717, 1.165) is 17.7 Å². The van der Waals surface area contributed by atoms with E-state index in [4.69, 9.17) is 26.0 Å². The van der Waals surface area contributed by atoms with Crippen molar-refractivity contribution in [3.05, 3.63) is 107 Å². The quantitative estimate of drug-likeness (QED) is 0.165. The van der Waals surface area contributed by atoms with Crippen molar-refractivity contribution in [1.82, 2.24) is 4.98 Å². The third-order valence-corrected chi connectivity index (χ3v) is 6.34. The zero-order valence-electron chi connectivity index (χ0n) is 21.4. The van der Waals surface area contributed by atoms with Gasteiger partial charge in [-0.2, -0.15) is 21.6 Å². The van der Waals surface area contributed by atoms with Crippen molar-refractivity contribution >= 4 is 45.1 Å². The van der Waals surface area contributed by atoms with Crippen LogP contribution in [-0.2, 0) is 16.3 Å². The number of aromatic nitrogens is 1. The van der Waals surface area contributed by atoms with E-state index in [0.29, 0.717) is 11.4 Å². The second-order valence-corrected chi connectivity index (χ2v) is 10.2. The molecule has 0 spiro atoms. The third-order valence-electron chi connectivity index (χ3n) is 5.15. The number of hydrogen-bond donors (Lipinski definition) is 4. The fourth-order valence-corrected chi connectivity index (χ4v) is 3.86. The number of carboxylic acid groups (broad SMARTS) is 1. The summed E-state index contributed by atoms with van der Waals surface area (Å²) in [6, 6.07) is 17.0. The zero-order valence-corrected chi connectivity index (χ0v) is 23.0. The molecule has 0 saturated carbocycles. The predicted octanol–water partition coefficient (Wildman–Crippen LogP) is 7.13. The first kappa shape index (κ1) is 31.9. The highest BCUT2D eigenvalue weighted by molar-refractivity contribution is 7.85. The highest BCUT2D eigenvalue weighted by Gasteiger charge is 2.33. The molecule has 0 fully saturated rings. The highest BCUT2D eigenvalue weighted by atomic mass is 35.5. The molecule has 0 unspecified atom stereocenters. The summed E-state index contributed by atoms with van der Waals surface area (Å²) < 4.78 is 73.8. The van der Waals surface area contributed by atoms with Gasteiger partial charge in [0.25, 0.3) is 10.1 Å². The van der Waals surface area contributed by atoms with Crippen LogP contribution in [0.2, 0.25) is 5.02 Å². The molecule has 4 N–H and O–H groups in total. The Labute approximate surface area is 242 Å². The Kier molecular flexibility index (Phi) is 10.1. The average molecular weight is 624 g/mol. The highest BCUT2D eigenvalue weighted by Crippen LogP contribution is 2.36. The van der Waals surface area contributed by atoms with Crippen molar-refractivity contribution in [2.24, 2.45) is 0 Å². The van der Waals surface area contributed by atoms with E-state index in [9.17, 15) is 31.2 Å². The van der Waals surface area contributed by atoms with Gasteiger partial charge in [-0.15, -0.1) is 0 Å². The first-order valence-electron chi connectivity index (χ1n) is 11.6. The fourth-order valence-electron chi connectivity index (χ4n) is 3.16. The van der Waals surface area contributed by atoms with Crippen LogP contribution in [0.5, 0.6) is 11.5 Å². The van der Waals surface area contributed by atoms with Gasteiger partial charge in [-0.3, -0.25) is 4.55 Å². The van der Waals surface area contributed by atoms with Crippen LogP contribution in [0.15, 0.2) is 90.0 Å². The van der Waals surface area contributed by atoms with Gasteiger partial charge in [0, 0.05) is 23.6 Å². The van der Waals surface area contributed by atoms with Crippen molar-refractivity contribution in [2.75, 3.05) is 10.6 Å². The molecule has 220 valence electrons. The minimum absolute atomic E-state index is 0.0666. The van der Waals surface area contributed by atoms with Gasteiger partial charge in [-0.1, -0.05) is 29.3 Å². The standard InChI is InChI=1S/C20H13ClF3N3O4.C7H8O3S/c21-16-6-3-12(9-15(16)20(22,23)24)27-19(30)26-11-1-4-13(5-2-11)31-14-7-8-25-17(10-14)18(28)29;1-6-2-4-7(5-3-6)11(8,9)10/h1-10H,(H,28,29)(H2,26,27,30);2-5H,1H3,(H,8,9,10). The Balaban J connectivity index is 0.000000369. The summed E-state index contributed by atoms with van der Waals surface area (Å²) in [5, 5.41) is 13.2. The number of pyridine rings is 1. The summed E-state index contributed by atoms with van der Waals surface area (Å²) in [5.74, 6) is -0.575. The maximum Gasteiger partial charge on any atom is 0.417 e. The van der Waals surface area contributed by atoms with E-state index in [2.05, 4.69) is 15.6 Å². The summed E-state index contributed by atoms with van der Waals surface area (Å²) in [4.78, 5) is 26.6. The predicted molar refractivity (Wildman–Crippen MR) is 148 cm³/mol. The van der Waals surface area contributed by atoms with Crippen molar-refractivity contribution in [1.29, 1.82) is 0 Å². The van der Waals surface area contributed by atoms with E-state index in [-0.39, 0.29) is 22.0 Å². The Morgan fingerprint density at radius 2 is 1.48 bits per heavy atom. The summed E-state index contributed by atoms with van der Waals surface area (Å²) >= 11 is 5.55. The maximum atomic E-state index is 12.9. The van der Waals surface area contributed by atoms with Crippen LogP contribution in [0.3, 0.4) is 0 Å². The summed E-state index contributed by atoms with van der Waals surface area (Å²) in [6.07, 6.45) is -3.36. The lowest BCUT2D eigenvalue weighted by atomic mass is 10.2. The van der Waals surface area contributed by atoms with Gasteiger partial charge >= 0.3 is 18.2 Å². The first-order chi connectivity index (χ1) is 19.6. The number of hydrogen-bond acceptors (Lipinski definition) is 6. The lowest BCUT2D eigenvalue weighted by molar-refractivity contribution is -0.137. The number of anilines is 2. The van der Waals surface area contributed by atoms with E-state index in [1.165, 1.54) is 60.8 Å². The molecule has 0 saturated heterocycles. The number of rotatable bonds is 6. The smallest absolute Gasteiger partial charge is 0.417 e. The third kappa shape index (κ3) is 9.47. The fraction of sp³-hybridized carbons (Fsp3) is 0.0741.